The van der Waals surface area contributed by atoms with Crippen molar-refractivity contribution in [2.45, 2.75) is 6.92 Å². The van der Waals surface area contributed by atoms with Crippen molar-refractivity contribution >= 4 is 39.4 Å². The van der Waals surface area contributed by atoms with Crippen LogP contribution in [0.5, 0.6) is 5.75 Å². The van der Waals surface area contributed by atoms with E-state index in [-0.39, 0.29) is 0 Å². The lowest BCUT2D eigenvalue weighted by Gasteiger charge is -2.12. The van der Waals surface area contributed by atoms with Crippen LogP contribution in [-0.4, -0.2) is 28.2 Å². The van der Waals surface area contributed by atoms with Gasteiger partial charge in [0.2, 0.25) is 0 Å². The van der Waals surface area contributed by atoms with Crippen LogP contribution in [0.4, 0.5) is 5.82 Å². The van der Waals surface area contributed by atoms with E-state index in [1.165, 1.54) is 10.9 Å². The molecular weight excluding hydrogens is 348 g/mol. The molecule has 0 amide bonds. The van der Waals surface area contributed by atoms with Crippen LogP contribution in [0, 0.1) is 0 Å². The van der Waals surface area contributed by atoms with Crippen LogP contribution in [0.3, 0.4) is 0 Å². The van der Waals surface area contributed by atoms with Gasteiger partial charge in [0.05, 0.1) is 23.2 Å². The van der Waals surface area contributed by atoms with Crippen molar-refractivity contribution < 1.29 is 4.74 Å². The highest BCUT2D eigenvalue weighted by Gasteiger charge is 2.14. The second-order valence-electron chi connectivity index (χ2n) is 6.13. The molecule has 2 aromatic carbocycles. The van der Waals surface area contributed by atoms with E-state index in [0.29, 0.717) is 10.8 Å². The number of ether oxygens (including phenoxy) is 1. The van der Waals surface area contributed by atoms with Crippen molar-refractivity contribution in [2.24, 2.45) is 7.05 Å². The molecule has 2 heterocycles. The zero-order valence-electron chi connectivity index (χ0n) is 14.9. The smallest absolute Gasteiger partial charge is 0.153 e. The van der Waals surface area contributed by atoms with Gasteiger partial charge in [-0.2, -0.15) is 0 Å². The Kier molecular flexibility index (Phi) is 4.17. The number of benzene rings is 2. The molecule has 4 aromatic rings. The maximum atomic E-state index is 6.27. The Morgan fingerprint density at radius 2 is 1.92 bits per heavy atom. The maximum absolute atomic E-state index is 6.27. The highest BCUT2D eigenvalue weighted by atomic mass is 35.5. The number of hydrogen-bond donors (Lipinski definition) is 1. The zero-order chi connectivity index (χ0) is 18.3. The lowest BCUT2D eigenvalue weighted by atomic mass is 10.1. The fourth-order valence-electron chi connectivity index (χ4n) is 3.14. The van der Waals surface area contributed by atoms with Gasteiger partial charge in [0.25, 0.3) is 0 Å². The molecule has 0 atom stereocenters. The summed E-state index contributed by atoms with van der Waals surface area (Å²) in [6.07, 6.45) is 2.05. The maximum Gasteiger partial charge on any atom is 0.153 e. The quantitative estimate of drug-likeness (QED) is 0.559. The molecule has 0 aliphatic carbocycles. The molecule has 26 heavy (non-hydrogen) atoms. The van der Waals surface area contributed by atoms with Crippen molar-refractivity contribution in [3.8, 4) is 17.0 Å². The first-order valence-corrected chi connectivity index (χ1v) is 8.83. The first-order chi connectivity index (χ1) is 12.6. The average Bonchev–Trinajstić information content (AvgIpc) is 3.01. The minimum absolute atomic E-state index is 0.523. The minimum atomic E-state index is 0.523. The Labute approximate surface area is 156 Å². The summed E-state index contributed by atoms with van der Waals surface area (Å²) in [5.74, 6) is 1.34. The van der Waals surface area contributed by atoms with E-state index in [1.807, 2.05) is 20.0 Å². The van der Waals surface area contributed by atoms with Crippen molar-refractivity contribution in [3.05, 3.63) is 47.6 Å². The van der Waals surface area contributed by atoms with Gasteiger partial charge in [-0.05, 0) is 31.2 Å². The summed E-state index contributed by atoms with van der Waals surface area (Å²) in [4.78, 5) is 9.60. The summed E-state index contributed by atoms with van der Waals surface area (Å²) < 4.78 is 7.40. The topological polar surface area (TPSA) is 52.0 Å². The lowest BCUT2D eigenvalue weighted by Crippen LogP contribution is -2.04. The van der Waals surface area contributed by atoms with E-state index < -0.39 is 0 Å². The van der Waals surface area contributed by atoms with E-state index in [4.69, 9.17) is 26.3 Å². The minimum Gasteiger partial charge on any atom is -0.495 e. The molecule has 0 saturated carbocycles. The van der Waals surface area contributed by atoms with Crippen molar-refractivity contribution in [1.82, 2.24) is 14.5 Å². The molecule has 0 bridgehead atoms. The summed E-state index contributed by atoms with van der Waals surface area (Å²) in [6, 6.07) is 12.0. The van der Waals surface area contributed by atoms with E-state index in [9.17, 15) is 0 Å². The van der Waals surface area contributed by atoms with Gasteiger partial charge in [0, 0.05) is 42.3 Å². The fraction of sp³-hybridized carbons (Fsp3) is 0.200. The number of halogens is 1. The molecule has 5 nitrogen and oxygen atoms in total. The molecule has 0 radical (unpaired) electrons. The second kappa shape index (κ2) is 6.50. The highest BCUT2D eigenvalue weighted by molar-refractivity contribution is 6.32. The molecule has 0 unspecified atom stereocenters. The zero-order valence-corrected chi connectivity index (χ0v) is 15.6. The Morgan fingerprint density at radius 3 is 2.69 bits per heavy atom. The SMILES string of the molecule is CCNc1nc2cc(OC)c(Cl)cc2nc1-c1ccc2c(ccn2C)c1. The molecule has 4 rings (SSSR count). The predicted molar refractivity (Wildman–Crippen MR) is 107 cm³/mol. The molecular formula is C20H19ClN4O. The largest absolute Gasteiger partial charge is 0.495 e. The van der Waals surface area contributed by atoms with Gasteiger partial charge in [0.15, 0.2) is 5.82 Å². The van der Waals surface area contributed by atoms with Crippen LogP contribution in [0.2, 0.25) is 5.02 Å². The number of hydrogen-bond acceptors (Lipinski definition) is 4. The first-order valence-electron chi connectivity index (χ1n) is 8.45. The lowest BCUT2D eigenvalue weighted by molar-refractivity contribution is 0.415. The summed E-state index contributed by atoms with van der Waals surface area (Å²) in [5, 5.41) is 5.01. The molecule has 1 N–H and O–H groups in total. The van der Waals surface area contributed by atoms with Crippen LogP contribution in [0.15, 0.2) is 42.6 Å². The molecule has 2 aromatic heterocycles. The van der Waals surface area contributed by atoms with Crippen LogP contribution in [0.1, 0.15) is 6.92 Å². The van der Waals surface area contributed by atoms with Gasteiger partial charge in [-0.1, -0.05) is 17.7 Å². The molecule has 0 aliphatic heterocycles. The van der Waals surface area contributed by atoms with Gasteiger partial charge in [-0.3, -0.25) is 0 Å². The van der Waals surface area contributed by atoms with Crippen LogP contribution >= 0.6 is 11.6 Å². The highest BCUT2D eigenvalue weighted by Crippen LogP contribution is 2.33. The summed E-state index contributed by atoms with van der Waals surface area (Å²) >= 11 is 6.27. The third-order valence-corrected chi connectivity index (χ3v) is 4.74. The number of aromatic nitrogens is 3. The van der Waals surface area contributed by atoms with Gasteiger partial charge in [-0.15, -0.1) is 0 Å². The fourth-order valence-corrected chi connectivity index (χ4v) is 3.37. The third kappa shape index (κ3) is 2.74. The Balaban J connectivity index is 1.94. The van der Waals surface area contributed by atoms with Crippen molar-refractivity contribution in [1.29, 1.82) is 0 Å². The molecule has 0 spiro atoms. The molecule has 132 valence electrons. The number of aryl methyl sites for hydroxylation is 1. The van der Waals surface area contributed by atoms with Crippen molar-refractivity contribution in [3.63, 3.8) is 0 Å². The summed E-state index contributed by atoms with van der Waals surface area (Å²) in [7, 11) is 3.63. The predicted octanol–water partition coefficient (Wildman–Crippen LogP) is 4.88. The Hall–Kier alpha value is -2.79. The van der Waals surface area contributed by atoms with Gasteiger partial charge in [-0.25, -0.2) is 9.97 Å². The Morgan fingerprint density at radius 1 is 1.12 bits per heavy atom. The molecule has 6 heteroatoms. The number of methoxy groups -OCH3 is 1. The van der Waals surface area contributed by atoms with Crippen molar-refractivity contribution in [2.75, 3.05) is 19.0 Å². The normalized spacial score (nSPS) is 11.2. The van der Waals surface area contributed by atoms with E-state index in [0.717, 1.165) is 34.7 Å². The van der Waals surface area contributed by atoms with Gasteiger partial charge < -0.3 is 14.6 Å². The molecule has 0 fully saturated rings. The van der Waals surface area contributed by atoms with Gasteiger partial charge in [0.1, 0.15) is 11.4 Å². The van der Waals surface area contributed by atoms with Crippen LogP contribution < -0.4 is 10.1 Å². The average molecular weight is 367 g/mol. The number of nitrogens with zero attached hydrogens (tertiary/aromatic N) is 3. The standard InChI is InChI=1S/C20H19ClN4O/c1-4-22-20-19(13-5-6-17-12(9-13)7-8-25(17)2)23-15-10-14(21)18(26-3)11-16(15)24-20/h5-11H,4H2,1-3H3,(H,22,24). The van der Waals surface area contributed by atoms with E-state index >= 15 is 0 Å². The van der Waals surface area contributed by atoms with Crippen LogP contribution in [-0.2, 0) is 7.05 Å². The second-order valence-corrected chi connectivity index (χ2v) is 6.53. The summed E-state index contributed by atoms with van der Waals surface area (Å²) in [5.41, 5.74) is 4.49. The molecule has 0 saturated heterocycles. The van der Waals surface area contributed by atoms with E-state index in [2.05, 4.69) is 40.3 Å². The number of anilines is 1. The number of rotatable bonds is 4. The first kappa shape index (κ1) is 16.7. The monoisotopic (exact) mass is 366 g/mol. The van der Waals surface area contributed by atoms with E-state index in [1.54, 1.807) is 13.2 Å². The number of nitrogens with one attached hydrogen (secondary N) is 1. The van der Waals surface area contributed by atoms with Gasteiger partial charge >= 0.3 is 0 Å². The Bertz CT molecular complexity index is 1120. The summed E-state index contributed by atoms with van der Waals surface area (Å²) in [6.45, 7) is 2.80. The number of fused-ring (bicyclic) bond motifs is 2. The van der Waals surface area contributed by atoms with Crippen LogP contribution in [0.25, 0.3) is 33.2 Å². The third-order valence-electron chi connectivity index (χ3n) is 4.44. The molecule has 0 aliphatic rings.